The van der Waals surface area contributed by atoms with E-state index in [1.165, 1.54) is 0 Å². The van der Waals surface area contributed by atoms with Crippen molar-refractivity contribution in [3.63, 3.8) is 0 Å². The fourth-order valence-corrected chi connectivity index (χ4v) is 1.36. The predicted molar refractivity (Wildman–Crippen MR) is 45.1 cm³/mol. The molecule has 1 rings (SSSR count). The quantitative estimate of drug-likeness (QED) is 0.490. The van der Waals surface area contributed by atoms with Gasteiger partial charge in [-0.2, -0.15) is 0 Å². The first kappa shape index (κ1) is 9.92. The molecule has 2 N–H and O–H groups in total. The number of carbonyl (C=O) groups is 2. The highest BCUT2D eigenvalue weighted by Crippen LogP contribution is 2.20. The minimum absolute atomic E-state index is 0.0213. The molecule has 2 atom stereocenters. The van der Waals surface area contributed by atoms with Gasteiger partial charge in [0.25, 0.3) is 0 Å². The zero-order valence-corrected chi connectivity index (χ0v) is 7.14. The molecule has 0 saturated heterocycles. The van der Waals surface area contributed by atoms with Crippen LogP contribution in [0.1, 0.15) is 19.3 Å². The smallest absolute Gasteiger partial charge is 0.372 e. The zero-order valence-electron chi connectivity index (χ0n) is 7.14. The summed E-state index contributed by atoms with van der Waals surface area (Å²) in [5, 5.41) is 17.4. The molecule has 0 radical (unpaired) electrons. The molecule has 4 heteroatoms. The lowest BCUT2D eigenvalue weighted by Gasteiger charge is -2.17. The first-order valence-corrected chi connectivity index (χ1v) is 4.22. The second-order valence-corrected chi connectivity index (χ2v) is 3.22. The van der Waals surface area contributed by atoms with Crippen LogP contribution in [0.5, 0.6) is 0 Å². The number of allylic oxidation sites excluding steroid dienone is 1. The molecule has 0 heterocycles. The molecule has 0 aromatic rings. The van der Waals surface area contributed by atoms with E-state index in [1.807, 2.05) is 0 Å². The Bertz CT molecular complexity index is 244. The Balaban J connectivity index is 2.43. The molecule has 0 aliphatic heterocycles. The lowest BCUT2D eigenvalue weighted by atomic mass is 9.90. The summed E-state index contributed by atoms with van der Waals surface area (Å²) in [5.41, 5.74) is 0. The SMILES string of the molecule is O=C(O)C(=O)C[C@@H]1C=C[C@H](O)CC1. The molecule has 0 saturated carbocycles. The van der Waals surface area contributed by atoms with Gasteiger partial charge in [0.05, 0.1) is 6.10 Å². The van der Waals surface area contributed by atoms with Crippen molar-refractivity contribution < 1.29 is 19.8 Å². The average molecular weight is 184 g/mol. The number of carbonyl (C=O) groups excluding carboxylic acids is 1. The normalized spacial score (nSPS) is 27.2. The molecule has 4 nitrogen and oxygen atoms in total. The zero-order chi connectivity index (χ0) is 9.84. The van der Waals surface area contributed by atoms with Gasteiger partial charge in [0.2, 0.25) is 5.78 Å². The Labute approximate surface area is 75.9 Å². The Morgan fingerprint density at radius 3 is 2.46 bits per heavy atom. The number of hydrogen-bond donors (Lipinski definition) is 2. The number of Topliss-reactive ketones (excluding diaryl/α,β-unsaturated/α-hetero) is 1. The fraction of sp³-hybridized carbons (Fsp3) is 0.556. The maximum atomic E-state index is 10.8. The van der Waals surface area contributed by atoms with E-state index >= 15 is 0 Å². The summed E-state index contributed by atoms with van der Waals surface area (Å²) in [6.07, 6.45) is 4.22. The van der Waals surface area contributed by atoms with Crippen LogP contribution >= 0.6 is 0 Å². The van der Waals surface area contributed by atoms with E-state index in [2.05, 4.69) is 0 Å². The third kappa shape index (κ3) is 2.99. The Morgan fingerprint density at radius 2 is 2.00 bits per heavy atom. The van der Waals surface area contributed by atoms with Crippen molar-refractivity contribution in [2.45, 2.75) is 25.4 Å². The molecule has 0 spiro atoms. The monoisotopic (exact) mass is 184 g/mol. The van der Waals surface area contributed by atoms with Crippen molar-refractivity contribution in [1.82, 2.24) is 0 Å². The fourth-order valence-electron chi connectivity index (χ4n) is 1.36. The summed E-state index contributed by atoms with van der Waals surface area (Å²) in [5.74, 6) is -2.16. The number of aliphatic hydroxyl groups excluding tert-OH is 1. The molecule has 1 aliphatic carbocycles. The number of hydrogen-bond acceptors (Lipinski definition) is 3. The molecule has 0 fully saturated rings. The molecule has 0 unspecified atom stereocenters. The van der Waals surface area contributed by atoms with Crippen LogP contribution in [0.4, 0.5) is 0 Å². The second-order valence-electron chi connectivity index (χ2n) is 3.22. The van der Waals surface area contributed by atoms with Crippen molar-refractivity contribution in [3.05, 3.63) is 12.2 Å². The van der Waals surface area contributed by atoms with E-state index in [0.717, 1.165) is 0 Å². The van der Waals surface area contributed by atoms with Crippen LogP contribution in [0, 0.1) is 5.92 Å². The molecule has 13 heavy (non-hydrogen) atoms. The van der Waals surface area contributed by atoms with Gasteiger partial charge in [-0.3, -0.25) is 4.79 Å². The van der Waals surface area contributed by atoms with Crippen LogP contribution in [0.2, 0.25) is 0 Å². The molecule has 0 amide bonds. The highest BCUT2D eigenvalue weighted by Gasteiger charge is 2.20. The second kappa shape index (κ2) is 4.18. The summed E-state index contributed by atoms with van der Waals surface area (Å²) < 4.78 is 0. The maximum absolute atomic E-state index is 10.8. The van der Waals surface area contributed by atoms with Crippen molar-refractivity contribution in [2.75, 3.05) is 0 Å². The van der Waals surface area contributed by atoms with E-state index in [0.29, 0.717) is 12.8 Å². The Kier molecular flexibility index (Phi) is 3.19. The van der Waals surface area contributed by atoms with Gasteiger partial charge in [0, 0.05) is 6.42 Å². The number of ketones is 1. The van der Waals surface area contributed by atoms with E-state index in [-0.39, 0.29) is 12.3 Å². The van der Waals surface area contributed by atoms with Crippen LogP contribution in [0.25, 0.3) is 0 Å². The standard InChI is InChI=1S/C9H12O4/c10-7-3-1-6(2-4-7)5-8(11)9(12)13/h1,3,6-7,10H,2,4-5H2,(H,12,13)/t6-,7+/m1/s1. The summed E-state index contributed by atoms with van der Waals surface area (Å²) in [7, 11) is 0. The molecule has 0 aromatic heterocycles. The van der Waals surface area contributed by atoms with Gasteiger partial charge in [-0.25, -0.2) is 4.79 Å². The van der Waals surface area contributed by atoms with Crippen LogP contribution in [0.3, 0.4) is 0 Å². The molecule has 0 aromatic carbocycles. The van der Waals surface area contributed by atoms with Crippen molar-refractivity contribution in [2.24, 2.45) is 5.92 Å². The van der Waals surface area contributed by atoms with Crippen molar-refractivity contribution in [3.8, 4) is 0 Å². The lowest BCUT2D eigenvalue weighted by Crippen LogP contribution is -2.19. The van der Waals surface area contributed by atoms with Gasteiger partial charge in [-0.15, -0.1) is 0 Å². The van der Waals surface area contributed by atoms with Crippen molar-refractivity contribution in [1.29, 1.82) is 0 Å². The van der Waals surface area contributed by atoms with Crippen molar-refractivity contribution >= 4 is 11.8 Å². The van der Waals surface area contributed by atoms with Gasteiger partial charge < -0.3 is 10.2 Å². The molecular formula is C9H12O4. The van der Waals surface area contributed by atoms with Gasteiger partial charge in [0.1, 0.15) is 0 Å². The summed E-state index contributed by atoms with van der Waals surface area (Å²) in [6.45, 7) is 0. The predicted octanol–water partition coefficient (Wildman–Crippen LogP) is 0.357. The first-order chi connectivity index (χ1) is 6.09. The number of aliphatic hydroxyl groups is 1. The van der Waals surface area contributed by atoms with Crippen LogP contribution < -0.4 is 0 Å². The number of aliphatic carboxylic acids is 1. The van der Waals surface area contributed by atoms with Gasteiger partial charge in [0.15, 0.2) is 0 Å². The van der Waals surface area contributed by atoms with Gasteiger partial charge in [-0.05, 0) is 18.8 Å². The third-order valence-electron chi connectivity index (χ3n) is 2.12. The minimum Gasteiger partial charge on any atom is -0.476 e. The average Bonchev–Trinajstić information content (AvgIpc) is 2.08. The number of rotatable bonds is 3. The number of carboxylic acid groups (broad SMARTS) is 1. The summed E-state index contributed by atoms with van der Waals surface area (Å²) in [4.78, 5) is 21.0. The van der Waals surface area contributed by atoms with E-state index in [4.69, 9.17) is 10.2 Å². The number of carboxylic acids is 1. The summed E-state index contributed by atoms with van der Waals surface area (Å²) >= 11 is 0. The maximum Gasteiger partial charge on any atom is 0.372 e. The summed E-state index contributed by atoms with van der Waals surface area (Å²) in [6, 6.07) is 0. The van der Waals surface area contributed by atoms with Crippen LogP contribution in [-0.2, 0) is 9.59 Å². The lowest BCUT2D eigenvalue weighted by molar-refractivity contribution is -0.149. The Hall–Kier alpha value is -1.16. The Morgan fingerprint density at radius 1 is 1.31 bits per heavy atom. The minimum atomic E-state index is -1.38. The first-order valence-electron chi connectivity index (χ1n) is 4.22. The highest BCUT2D eigenvalue weighted by atomic mass is 16.4. The van der Waals surface area contributed by atoms with E-state index < -0.39 is 17.9 Å². The molecular weight excluding hydrogens is 172 g/mol. The topological polar surface area (TPSA) is 74.6 Å². The van der Waals surface area contributed by atoms with Crippen LogP contribution in [-0.4, -0.2) is 28.1 Å². The van der Waals surface area contributed by atoms with Crippen LogP contribution in [0.15, 0.2) is 12.2 Å². The van der Waals surface area contributed by atoms with E-state index in [9.17, 15) is 9.59 Å². The van der Waals surface area contributed by atoms with Gasteiger partial charge >= 0.3 is 5.97 Å². The third-order valence-corrected chi connectivity index (χ3v) is 2.12. The largest absolute Gasteiger partial charge is 0.476 e. The van der Waals surface area contributed by atoms with E-state index in [1.54, 1.807) is 12.2 Å². The molecule has 72 valence electrons. The van der Waals surface area contributed by atoms with Gasteiger partial charge in [-0.1, -0.05) is 12.2 Å². The highest BCUT2D eigenvalue weighted by molar-refractivity contribution is 6.32. The molecule has 1 aliphatic rings. The molecule has 0 bridgehead atoms.